The van der Waals surface area contributed by atoms with E-state index >= 15 is 0 Å². The average Bonchev–Trinajstić information content (AvgIpc) is 2.29. The second-order valence-electron chi connectivity index (χ2n) is 5.15. The van der Waals surface area contributed by atoms with Crippen LogP contribution in [0.4, 0.5) is 4.39 Å². The van der Waals surface area contributed by atoms with Crippen molar-refractivity contribution in [1.82, 2.24) is 5.32 Å². The molecule has 1 N–H and O–H groups in total. The normalized spacial score (nSPS) is 14.6. The first kappa shape index (κ1) is 14.2. The second kappa shape index (κ2) is 6.75. The van der Waals surface area contributed by atoms with Crippen molar-refractivity contribution in [2.45, 2.75) is 40.0 Å². The molecule has 1 unspecified atom stereocenters. The van der Waals surface area contributed by atoms with Crippen LogP contribution < -0.4 is 5.32 Å². The lowest BCUT2D eigenvalue weighted by molar-refractivity contribution is 0.290. The number of benzene rings is 1. The van der Waals surface area contributed by atoms with Gasteiger partial charge in [0.2, 0.25) is 0 Å². The van der Waals surface area contributed by atoms with E-state index in [2.05, 4.69) is 26.1 Å². The summed E-state index contributed by atoms with van der Waals surface area (Å²) in [5.74, 6) is -0.137. The first-order valence-electron chi connectivity index (χ1n) is 6.55. The molecule has 0 heterocycles. The van der Waals surface area contributed by atoms with Gasteiger partial charge in [-0.1, -0.05) is 32.9 Å². The Balaban J connectivity index is 2.61. The maximum absolute atomic E-state index is 13.1. The quantitative estimate of drug-likeness (QED) is 0.712. The SMILES string of the molecule is CCCNCC(C)(CC)Cc1cccc(F)c1. The summed E-state index contributed by atoms with van der Waals surface area (Å²) in [6, 6.07) is 6.95. The molecule has 0 saturated heterocycles. The molecule has 1 aromatic rings. The molecule has 0 saturated carbocycles. The van der Waals surface area contributed by atoms with Gasteiger partial charge in [-0.3, -0.25) is 0 Å². The Morgan fingerprint density at radius 2 is 2.06 bits per heavy atom. The van der Waals surface area contributed by atoms with Crippen LogP contribution in [0.5, 0.6) is 0 Å². The largest absolute Gasteiger partial charge is 0.316 e. The minimum atomic E-state index is -0.137. The Hall–Kier alpha value is -0.890. The maximum atomic E-state index is 13.1. The fourth-order valence-electron chi connectivity index (χ4n) is 2.02. The molecule has 0 bridgehead atoms. The summed E-state index contributed by atoms with van der Waals surface area (Å²) in [6.45, 7) is 8.68. The zero-order valence-electron chi connectivity index (χ0n) is 11.2. The predicted molar refractivity (Wildman–Crippen MR) is 71.7 cm³/mol. The van der Waals surface area contributed by atoms with E-state index in [4.69, 9.17) is 0 Å². The van der Waals surface area contributed by atoms with E-state index in [1.165, 1.54) is 6.07 Å². The third-order valence-corrected chi connectivity index (χ3v) is 3.35. The number of halogens is 1. The summed E-state index contributed by atoms with van der Waals surface area (Å²) in [6.07, 6.45) is 3.18. The molecule has 96 valence electrons. The van der Waals surface area contributed by atoms with Gasteiger partial charge < -0.3 is 5.32 Å². The van der Waals surface area contributed by atoms with Crippen molar-refractivity contribution in [3.8, 4) is 0 Å². The van der Waals surface area contributed by atoms with Crippen molar-refractivity contribution in [2.24, 2.45) is 5.41 Å². The van der Waals surface area contributed by atoms with Crippen molar-refractivity contribution in [3.63, 3.8) is 0 Å². The molecule has 1 atom stereocenters. The zero-order valence-corrected chi connectivity index (χ0v) is 11.2. The average molecular weight is 237 g/mol. The lowest BCUT2D eigenvalue weighted by Gasteiger charge is -2.29. The van der Waals surface area contributed by atoms with Crippen LogP contribution in [0.15, 0.2) is 24.3 Å². The minimum absolute atomic E-state index is 0.137. The highest BCUT2D eigenvalue weighted by Crippen LogP contribution is 2.26. The molecule has 0 aromatic heterocycles. The molecule has 0 amide bonds. The Kier molecular flexibility index (Phi) is 5.63. The van der Waals surface area contributed by atoms with Crippen molar-refractivity contribution >= 4 is 0 Å². The fraction of sp³-hybridized carbons (Fsp3) is 0.600. The van der Waals surface area contributed by atoms with Crippen LogP contribution in [0, 0.1) is 11.2 Å². The molecule has 0 aliphatic heterocycles. The monoisotopic (exact) mass is 237 g/mol. The fourth-order valence-corrected chi connectivity index (χ4v) is 2.02. The minimum Gasteiger partial charge on any atom is -0.316 e. The Morgan fingerprint density at radius 1 is 1.29 bits per heavy atom. The molecule has 0 aliphatic carbocycles. The van der Waals surface area contributed by atoms with Gasteiger partial charge in [0.15, 0.2) is 0 Å². The van der Waals surface area contributed by atoms with Crippen molar-refractivity contribution in [2.75, 3.05) is 13.1 Å². The van der Waals surface area contributed by atoms with Crippen LogP contribution in [0.2, 0.25) is 0 Å². The van der Waals surface area contributed by atoms with E-state index in [0.717, 1.165) is 37.9 Å². The molecule has 2 heteroatoms. The van der Waals surface area contributed by atoms with Gasteiger partial charge in [-0.2, -0.15) is 0 Å². The third kappa shape index (κ3) is 4.86. The Morgan fingerprint density at radius 3 is 2.65 bits per heavy atom. The van der Waals surface area contributed by atoms with Gasteiger partial charge in [-0.25, -0.2) is 4.39 Å². The van der Waals surface area contributed by atoms with Crippen LogP contribution in [0.3, 0.4) is 0 Å². The van der Waals surface area contributed by atoms with Crippen molar-refractivity contribution < 1.29 is 4.39 Å². The summed E-state index contributed by atoms with van der Waals surface area (Å²) in [4.78, 5) is 0. The molecular formula is C15H24FN. The first-order chi connectivity index (χ1) is 8.09. The number of hydrogen-bond acceptors (Lipinski definition) is 1. The van der Waals surface area contributed by atoms with Gasteiger partial charge in [0.25, 0.3) is 0 Å². The zero-order chi connectivity index (χ0) is 12.7. The van der Waals surface area contributed by atoms with Crippen LogP contribution in [0.25, 0.3) is 0 Å². The highest BCUT2D eigenvalue weighted by atomic mass is 19.1. The van der Waals surface area contributed by atoms with E-state index in [1.807, 2.05) is 6.07 Å². The van der Waals surface area contributed by atoms with E-state index in [0.29, 0.717) is 0 Å². The van der Waals surface area contributed by atoms with Gasteiger partial charge in [0, 0.05) is 6.54 Å². The van der Waals surface area contributed by atoms with Gasteiger partial charge in [-0.05, 0) is 48.9 Å². The molecule has 0 aliphatic rings. The molecule has 0 spiro atoms. The predicted octanol–water partition coefficient (Wildman–Crippen LogP) is 3.78. The third-order valence-electron chi connectivity index (χ3n) is 3.35. The Bertz CT molecular complexity index is 337. The number of nitrogens with one attached hydrogen (secondary N) is 1. The topological polar surface area (TPSA) is 12.0 Å². The summed E-state index contributed by atoms with van der Waals surface area (Å²) in [7, 11) is 0. The van der Waals surface area contributed by atoms with E-state index < -0.39 is 0 Å². The molecule has 0 radical (unpaired) electrons. The van der Waals surface area contributed by atoms with Crippen LogP contribution in [-0.2, 0) is 6.42 Å². The van der Waals surface area contributed by atoms with Crippen molar-refractivity contribution in [3.05, 3.63) is 35.6 Å². The molecule has 1 nitrogen and oxygen atoms in total. The summed E-state index contributed by atoms with van der Waals surface area (Å²) in [5, 5.41) is 3.47. The lowest BCUT2D eigenvalue weighted by Crippen LogP contribution is -2.33. The summed E-state index contributed by atoms with van der Waals surface area (Å²) in [5.41, 5.74) is 1.30. The molecule has 1 rings (SSSR count). The molecule has 17 heavy (non-hydrogen) atoms. The molecule has 0 fully saturated rings. The summed E-state index contributed by atoms with van der Waals surface area (Å²) >= 11 is 0. The van der Waals surface area contributed by atoms with Gasteiger partial charge in [-0.15, -0.1) is 0 Å². The van der Waals surface area contributed by atoms with Gasteiger partial charge in [0.1, 0.15) is 5.82 Å². The lowest BCUT2D eigenvalue weighted by atomic mass is 9.81. The Labute approximate surface area is 104 Å². The van der Waals surface area contributed by atoms with E-state index in [1.54, 1.807) is 12.1 Å². The second-order valence-corrected chi connectivity index (χ2v) is 5.15. The maximum Gasteiger partial charge on any atom is 0.123 e. The smallest absolute Gasteiger partial charge is 0.123 e. The van der Waals surface area contributed by atoms with Crippen LogP contribution in [-0.4, -0.2) is 13.1 Å². The van der Waals surface area contributed by atoms with E-state index in [-0.39, 0.29) is 11.2 Å². The standard InChI is InChI=1S/C15H24FN/c1-4-9-17-12-15(3,5-2)11-13-7-6-8-14(16)10-13/h6-8,10,17H,4-5,9,11-12H2,1-3H3. The highest BCUT2D eigenvalue weighted by molar-refractivity contribution is 5.18. The molecule has 1 aromatic carbocycles. The van der Waals surface area contributed by atoms with E-state index in [9.17, 15) is 4.39 Å². The van der Waals surface area contributed by atoms with Crippen LogP contribution in [0.1, 0.15) is 39.2 Å². The first-order valence-corrected chi connectivity index (χ1v) is 6.55. The van der Waals surface area contributed by atoms with Crippen molar-refractivity contribution in [1.29, 1.82) is 0 Å². The molecular weight excluding hydrogens is 213 g/mol. The summed E-state index contributed by atoms with van der Waals surface area (Å²) < 4.78 is 13.1. The van der Waals surface area contributed by atoms with Crippen LogP contribution >= 0.6 is 0 Å². The van der Waals surface area contributed by atoms with Gasteiger partial charge in [0.05, 0.1) is 0 Å². The van der Waals surface area contributed by atoms with Gasteiger partial charge >= 0.3 is 0 Å². The highest BCUT2D eigenvalue weighted by Gasteiger charge is 2.22. The number of rotatable bonds is 7. The number of hydrogen-bond donors (Lipinski definition) is 1.